The maximum atomic E-state index is 11.7. The Morgan fingerprint density at radius 2 is 2.16 bits per heavy atom. The third-order valence-electron chi connectivity index (χ3n) is 2.45. The standard InChI is InChI=1S/C13H19ClN2O2.ClH/c1-3-8-18-12-9(14)6-5-7-11(12)16-13(17)10(15)4-2;/h5-7,10H,3-4,8,15H2,1-2H3,(H,16,17);1H/t10-;/m0./s1. The quantitative estimate of drug-likeness (QED) is 0.848. The van der Waals surface area contributed by atoms with Crippen LogP contribution in [0.1, 0.15) is 26.7 Å². The molecule has 0 radical (unpaired) electrons. The van der Waals surface area contributed by atoms with E-state index in [1.54, 1.807) is 18.2 Å². The normalized spacial score (nSPS) is 11.4. The van der Waals surface area contributed by atoms with Gasteiger partial charge in [-0.1, -0.05) is 31.5 Å². The molecule has 0 saturated heterocycles. The van der Waals surface area contributed by atoms with E-state index in [1.165, 1.54) is 0 Å². The van der Waals surface area contributed by atoms with Crippen molar-refractivity contribution in [3.05, 3.63) is 23.2 Å². The highest BCUT2D eigenvalue weighted by Gasteiger charge is 2.15. The Morgan fingerprint density at radius 3 is 2.74 bits per heavy atom. The third kappa shape index (κ3) is 5.27. The molecule has 19 heavy (non-hydrogen) atoms. The van der Waals surface area contributed by atoms with E-state index in [9.17, 15) is 4.79 Å². The second-order valence-electron chi connectivity index (χ2n) is 3.97. The molecule has 0 spiro atoms. The van der Waals surface area contributed by atoms with Crippen molar-refractivity contribution in [2.75, 3.05) is 11.9 Å². The summed E-state index contributed by atoms with van der Waals surface area (Å²) in [6.07, 6.45) is 1.45. The van der Waals surface area contributed by atoms with Crippen LogP contribution in [0.15, 0.2) is 18.2 Å². The Balaban J connectivity index is 0.00000324. The van der Waals surface area contributed by atoms with Gasteiger partial charge in [-0.15, -0.1) is 12.4 Å². The lowest BCUT2D eigenvalue weighted by molar-refractivity contribution is -0.117. The number of nitrogens with one attached hydrogen (secondary N) is 1. The summed E-state index contributed by atoms with van der Waals surface area (Å²) in [5.74, 6) is 0.263. The monoisotopic (exact) mass is 306 g/mol. The molecule has 0 aromatic heterocycles. The van der Waals surface area contributed by atoms with E-state index in [1.807, 2.05) is 13.8 Å². The number of halogens is 2. The molecule has 108 valence electrons. The first-order chi connectivity index (χ1) is 8.60. The summed E-state index contributed by atoms with van der Waals surface area (Å²) < 4.78 is 5.54. The summed E-state index contributed by atoms with van der Waals surface area (Å²) in [5, 5.41) is 3.22. The largest absolute Gasteiger partial charge is 0.490 e. The zero-order chi connectivity index (χ0) is 13.5. The van der Waals surface area contributed by atoms with Crippen LogP contribution in [-0.4, -0.2) is 18.6 Å². The van der Waals surface area contributed by atoms with Crippen molar-refractivity contribution in [1.29, 1.82) is 0 Å². The van der Waals surface area contributed by atoms with Gasteiger partial charge in [-0.3, -0.25) is 4.79 Å². The van der Waals surface area contributed by atoms with Gasteiger partial charge in [-0.2, -0.15) is 0 Å². The predicted octanol–water partition coefficient (Wildman–Crippen LogP) is 3.23. The summed E-state index contributed by atoms with van der Waals surface area (Å²) in [7, 11) is 0. The van der Waals surface area contributed by atoms with Crippen molar-refractivity contribution in [1.82, 2.24) is 0 Å². The molecule has 0 heterocycles. The number of para-hydroxylation sites is 1. The van der Waals surface area contributed by atoms with Crippen molar-refractivity contribution >= 4 is 35.6 Å². The van der Waals surface area contributed by atoms with Gasteiger partial charge in [-0.05, 0) is 25.0 Å². The maximum Gasteiger partial charge on any atom is 0.241 e. The average Bonchev–Trinajstić information content (AvgIpc) is 2.37. The summed E-state index contributed by atoms with van der Waals surface area (Å²) in [6.45, 7) is 4.41. The molecule has 0 bridgehead atoms. The van der Waals surface area contributed by atoms with Gasteiger partial charge in [0.25, 0.3) is 0 Å². The minimum absolute atomic E-state index is 0. The Labute approximate surface area is 125 Å². The predicted molar refractivity (Wildman–Crippen MR) is 81.4 cm³/mol. The minimum atomic E-state index is -0.525. The van der Waals surface area contributed by atoms with Gasteiger partial charge in [0.2, 0.25) is 5.91 Å². The fourth-order valence-corrected chi connectivity index (χ4v) is 1.60. The Hall–Kier alpha value is -0.970. The third-order valence-corrected chi connectivity index (χ3v) is 2.75. The smallest absolute Gasteiger partial charge is 0.241 e. The van der Waals surface area contributed by atoms with Gasteiger partial charge < -0.3 is 15.8 Å². The van der Waals surface area contributed by atoms with Crippen LogP contribution in [0.3, 0.4) is 0 Å². The molecule has 0 fully saturated rings. The number of carbonyl (C=O) groups excluding carboxylic acids is 1. The SMILES string of the molecule is CCCOc1c(Cl)cccc1NC(=O)[C@@H](N)CC.Cl. The zero-order valence-electron chi connectivity index (χ0n) is 11.1. The second-order valence-corrected chi connectivity index (χ2v) is 4.38. The van der Waals surface area contributed by atoms with Crippen LogP contribution >= 0.6 is 24.0 Å². The first-order valence-electron chi connectivity index (χ1n) is 6.07. The highest BCUT2D eigenvalue weighted by Crippen LogP contribution is 2.33. The number of nitrogens with two attached hydrogens (primary N) is 1. The topological polar surface area (TPSA) is 64.3 Å². The first-order valence-corrected chi connectivity index (χ1v) is 6.45. The number of amides is 1. The lowest BCUT2D eigenvalue weighted by Crippen LogP contribution is -2.34. The van der Waals surface area contributed by atoms with Gasteiger partial charge in [0.05, 0.1) is 23.4 Å². The average molecular weight is 307 g/mol. The highest BCUT2D eigenvalue weighted by atomic mass is 35.5. The highest BCUT2D eigenvalue weighted by molar-refractivity contribution is 6.32. The van der Waals surface area contributed by atoms with Crippen LogP contribution in [0.2, 0.25) is 5.02 Å². The molecule has 1 aromatic carbocycles. The second kappa shape index (κ2) is 9.02. The molecule has 4 nitrogen and oxygen atoms in total. The number of anilines is 1. The van der Waals surface area contributed by atoms with Crippen LogP contribution in [0.5, 0.6) is 5.75 Å². The summed E-state index contributed by atoms with van der Waals surface area (Å²) in [6, 6.07) is 4.70. The molecule has 1 aromatic rings. The van der Waals surface area contributed by atoms with Crippen LogP contribution in [-0.2, 0) is 4.79 Å². The van der Waals surface area contributed by atoms with Gasteiger partial charge in [0, 0.05) is 0 Å². The molecule has 6 heteroatoms. The molecular formula is C13H20Cl2N2O2. The van der Waals surface area contributed by atoms with Crippen molar-refractivity contribution in [3.63, 3.8) is 0 Å². The van der Waals surface area contributed by atoms with Crippen molar-refractivity contribution in [2.45, 2.75) is 32.7 Å². The number of hydrogen-bond acceptors (Lipinski definition) is 3. The number of hydrogen-bond donors (Lipinski definition) is 2. The Kier molecular flexibility index (Phi) is 8.56. The van der Waals surface area contributed by atoms with Gasteiger partial charge >= 0.3 is 0 Å². The van der Waals surface area contributed by atoms with E-state index >= 15 is 0 Å². The molecule has 0 saturated carbocycles. The molecule has 1 amide bonds. The number of ether oxygens (including phenoxy) is 1. The van der Waals surface area contributed by atoms with E-state index in [-0.39, 0.29) is 18.3 Å². The van der Waals surface area contributed by atoms with E-state index in [2.05, 4.69) is 5.32 Å². The number of rotatable bonds is 6. The van der Waals surface area contributed by atoms with E-state index in [0.29, 0.717) is 29.5 Å². The molecule has 0 aliphatic rings. The molecular weight excluding hydrogens is 287 g/mol. The zero-order valence-corrected chi connectivity index (χ0v) is 12.7. The minimum Gasteiger partial charge on any atom is -0.490 e. The van der Waals surface area contributed by atoms with Crippen molar-refractivity contribution < 1.29 is 9.53 Å². The van der Waals surface area contributed by atoms with Crippen molar-refractivity contribution in [2.24, 2.45) is 5.73 Å². The molecule has 3 N–H and O–H groups in total. The Morgan fingerprint density at radius 1 is 1.47 bits per heavy atom. The summed E-state index contributed by atoms with van der Waals surface area (Å²) >= 11 is 6.05. The summed E-state index contributed by atoms with van der Waals surface area (Å²) in [5.41, 5.74) is 6.23. The van der Waals surface area contributed by atoms with Gasteiger partial charge in [0.15, 0.2) is 5.75 Å². The van der Waals surface area contributed by atoms with Gasteiger partial charge in [0.1, 0.15) is 0 Å². The summed E-state index contributed by atoms with van der Waals surface area (Å²) in [4.78, 5) is 11.7. The van der Waals surface area contributed by atoms with E-state index in [4.69, 9.17) is 22.1 Å². The fourth-order valence-electron chi connectivity index (χ4n) is 1.37. The van der Waals surface area contributed by atoms with Gasteiger partial charge in [-0.25, -0.2) is 0 Å². The Bertz CT molecular complexity index is 414. The fraction of sp³-hybridized carbons (Fsp3) is 0.462. The number of carbonyl (C=O) groups is 1. The van der Waals surface area contributed by atoms with Crippen molar-refractivity contribution in [3.8, 4) is 5.75 Å². The van der Waals surface area contributed by atoms with Crippen LogP contribution in [0, 0.1) is 0 Å². The van der Waals surface area contributed by atoms with E-state index < -0.39 is 6.04 Å². The first kappa shape index (κ1) is 18.0. The molecule has 0 unspecified atom stereocenters. The number of benzene rings is 1. The van der Waals surface area contributed by atoms with Crippen LogP contribution in [0.4, 0.5) is 5.69 Å². The van der Waals surface area contributed by atoms with Crippen LogP contribution < -0.4 is 15.8 Å². The maximum absolute atomic E-state index is 11.7. The lowest BCUT2D eigenvalue weighted by atomic mass is 10.2. The van der Waals surface area contributed by atoms with E-state index in [0.717, 1.165) is 6.42 Å². The lowest BCUT2D eigenvalue weighted by Gasteiger charge is -2.15. The molecule has 1 atom stereocenters. The molecule has 1 rings (SSSR count). The molecule has 0 aliphatic carbocycles. The molecule has 0 aliphatic heterocycles. The van der Waals surface area contributed by atoms with Crippen LogP contribution in [0.25, 0.3) is 0 Å².